The topological polar surface area (TPSA) is 55.9 Å². The molecule has 210 valence electrons. The monoisotopic (exact) mass is 542 g/mol. The van der Waals surface area contributed by atoms with Crippen LogP contribution < -0.4 is 5.32 Å². The van der Waals surface area contributed by atoms with Crippen LogP contribution in [-0.4, -0.2) is 72.5 Å². The highest BCUT2D eigenvalue weighted by Gasteiger charge is 2.51. The number of hydrogen-bond donors (Lipinski definition) is 1. The minimum atomic E-state index is -0.0806. The Hall–Kier alpha value is -2.05. The molecule has 7 heteroatoms. The summed E-state index contributed by atoms with van der Waals surface area (Å²) in [6.45, 7) is 14.5. The molecule has 1 saturated heterocycles. The van der Waals surface area contributed by atoms with Crippen molar-refractivity contribution in [1.82, 2.24) is 14.7 Å². The molecule has 1 saturated carbocycles. The van der Waals surface area contributed by atoms with E-state index in [1.54, 1.807) is 6.07 Å². The van der Waals surface area contributed by atoms with Gasteiger partial charge in [-0.3, -0.25) is 9.69 Å². The summed E-state index contributed by atoms with van der Waals surface area (Å²) in [4.78, 5) is 32.9. The van der Waals surface area contributed by atoms with Crippen LogP contribution in [0, 0.1) is 23.2 Å². The first-order chi connectivity index (χ1) is 18.2. The van der Waals surface area contributed by atoms with Crippen LogP contribution in [0.4, 0.5) is 10.5 Å². The van der Waals surface area contributed by atoms with Crippen LogP contribution in [-0.2, 0) is 4.79 Å². The predicted octanol–water partition coefficient (Wildman–Crippen LogP) is 6.53. The van der Waals surface area contributed by atoms with Gasteiger partial charge in [0.25, 0.3) is 0 Å². The third-order valence-electron chi connectivity index (χ3n) is 9.44. The van der Waals surface area contributed by atoms with Gasteiger partial charge in [-0.2, -0.15) is 0 Å². The van der Waals surface area contributed by atoms with E-state index in [9.17, 15) is 9.59 Å². The molecule has 3 unspecified atom stereocenters. The lowest BCUT2D eigenvalue weighted by atomic mass is 9.49. The lowest BCUT2D eigenvalue weighted by Gasteiger charge is -2.57. The number of carbonyl (C=O) groups excluding carboxylic acids is 2. The van der Waals surface area contributed by atoms with Gasteiger partial charge < -0.3 is 15.1 Å². The van der Waals surface area contributed by atoms with Crippen molar-refractivity contribution >= 4 is 29.2 Å². The summed E-state index contributed by atoms with van der Waals surface area (Å²) < 4.78 is 0. The Balaban J connectivity index is 1.35. The third-order valence-corrected chi connectivity index (χ3v) is 9.67. The van der Waals surface area contributed by atoms with Gasteiger partial charge in [0.1, 0.15) is 0 Å². The van der Waals surface area contributed by atoms with Crippen LogP contribution in [0.1, 0.15) is 66.2 Å². The van der Waals surface area contributed by atoms with Crippen molar-refractivity contribution in [2.24, 2.45) is 23.2 Å². The van der Waals surface area contributed by atoms with E-state index in [2.05, 4.69) is 48.9 Å². The van der Waals surface area contributed by atoms with Crippen molar-refractivity contribution in [2.45, 2.75) is 66.2 Å². The molecule has 4 aliphatic rings. The van der Waals surface area contributed by atoms with E-state index in [4.69, 9.17) is 11.6 Å². The van der Waals surface area contributed by atoms with E-state index < -0.39 is 0 Å². The van der Waals surface area contributed by atoms with Crippen LogP contribution in [0.2, 0.25) is 5.02 Å². The molecule has 2 bridgehead atoms. The van der Waals surface area contributed by atoms with Gasteiger partial charge in [-0.1, -0.05) is 69.9 Å². The minimum absolute atomic E-state index is 0.0806. The number of nitrogens with zero attached hydrogens (tertiary/aromatic N) is 3. The van der Waals surface area contributed by atoms with Crippen molar-refractivity contribution in [1.29, 1.82) is 0 Å². The molecular formula is C31H47ClN4O2. The van der Waals surface area contributed by atoms with E-state index in [1.807, 2.05) is 23.1 Å². The van der Waals surface area contributed by atoms with Gasteiger partial charge in [-0.25, -0.2) is 4.79 Å². The van der Waals surface area contributed by atoms with Crippen molar-refractivity contribution in [2.75, 3.05) is 51.1 Å². The summed E-state index contributed by atoms with van der Waals surface area (Å²) in [5, 5.41) is 3.68. The number of urea groups is 1. The number of halogens is 1. The van der Waals surface area contributed by atoms with Crippen molar-refractivity contribution in [3.8, 4) is 0 Å². The number of anilines is 1. The number of carbonyl (C=O) groups is 2. The van der Waals surface area contributed by atoms with E-state index in [0.717, 1.165) is 76.4 Å². The van der Waals surface area contributed by atoms with Gasteiger partial charge in [0.2, 0.25) is 5.91 Å². The zero-order valence-corrected chi connectivity index (χ0v) is 24.6. The van der Waals surface area contributed by atoms with Crippen molar-refractivity contribution < 1.29 is 9.59 Å². The average Bonchev–Trinajstić information content (AvgIpc) is 2.91. The molecule has 0 aromatic heterocycles. The summed E-state index contributed by atoms with van der Waals surface area (Å²) in [5.41, 5.74) is 2.46. The fraction of sp³-hybridized carbons (Fsp3) is 0.677. The number of hydrogen-bond acceptors (Lipinski definition) is 3. The zero-order chi connectivity index (χ0) is 27.3. The second kappa shape index (κ2) is 12.9. The van der Waals surface area contributed by atoms with Gasteiger partial charge in [-0.05, 0) is 61.1 Å². The molecular weight excluding hydrogens is 496 g/mol. The van der Waals surface area contributed by atoms with Crippen LogP contribution in [0.3, 0.4) is 0 Å². The smallest absolute Gasteiger partial charge is 0.322 e. The number of unbranched alkanes of at least 4 members (excludes halogenated alkanes) is 1. The van der Waals surface area contributed by atoms with Gasteiger partial charge in [0, 0.05) is 62.4 Å². The first-order valence-corrected chi connectivity index (χ1v) is 15.1. The highest BCUT2D eigenvalue weighted by Crippen LogP contribution is 2.59. The molecule has 38 heavy (non-hydrogen) atoms. The Morgan fingerprint density at radius 2 is 1.95 bits per heavy atom. The molecule has 6 nitrogen and oxygen atoms in total. The normalized spacial score (nSPS) is 23.3. The lowest BCUT2D eigenvalue weighted by molar-refractivity contribution is -0.137. The Morgan fingerprint density at radius 3 is 2.58 bits per heavy atom. The molecule has 1 N–H and O–H groups in total. The molecule has 5 rings (SSSR count). The average molecular weight is 543 g/mol. The molecule has 0 spiro atoms. The Bertz CT molecular complexity index is 1000. The van der Waals surface area contributed by atoms with Crippen molar-refractivity contribution in [3.63, 3.8) is 0 Å². The summed E-state index contributed by atoms with van der Waals surface area (Å²) in [7, 11) is 0. The maximum Gasteiger partial charge on any atom is 0.322 e. The first kappa shape index (κ1) is 28.9. The number of fused-ring (bicyclic) bond motifs is 1. The molecule has 3 amide bonds. The highest BCUT2D eigenvalue weighted by molar-refractivity contribution is 6.30. The summed E-state index contributed by atoms with van der Waals surface area (Å²) >= 11 is 6.16. The first-order valence-electron chi connectivity index (χ1n) is 14.7. The molecule has 1 aromatic carbocycles. The number of nitrogens with one attached hydrogen (secondary N) is 1. The summed E-state index contributed by atoms with van der Waals surface area (Å²) in [5.74, 6) is 1.83. The largest absolute Gasteiger partial charge is 0.340 e. The van der Waals surface area contributed by atoms with Crippen molar-refractivity contribution in [3.05, 3.63) is 40.9 Å². The molecule has 3 atom stereocenters. The lowest BCUT2D eigenvalue weighted by Crippen LogP contribution is -2.53. The van der Waals surface area contributed by atoms with Crippen LogP contribution in [0.15, 0.2) is 35.9 Å². The van der Waals surface area contributed by atoms with Crippen LogP contribution in [0.5, 0.6) is 0 Å². The third kappa shape index (κ3) is 6.74. The SMILES string of the molecule is CCCCC(CC)C(=O)N1CCN(CCN(CC2=CCC3CC2C3(C)C)C(=O)Nc2cccc(Cl)c2)CC1. The van der Waals surface area contributed by atoms with Crippen LogP contribution in [0.25, 0.3) is 0 Å². The molecule has 1 aromatic rings. The van der Waals surface area contributed by atoms with Gasteiger partial charge in [0.15, 0.2) is 0 Å². The quantitative estimate of drug-likeness (QED) is 0.323. The molecule has 1 aliphatic heterocycles. The Labute approximate surface area is 234 Å². The molecule has 0 radical (unpaired) electrons. The fourth-order valence-corrected chi connectivity index (χ4v) is 6.75. The highest BCUT2D eigenvalue weighted by atomic mass is 35.5. The maximum atomic E-state index is 13.5. The summed E-state index contributed by atoms with van der Waals surface area (Å²) in [6.07, 6.45) is 8.92. The second-order valence-corrected chi connectivity index (χ2v) is 12.5. The summed E-state index contributed by atoms with van der Waals surface area (Å²) in [6, 6.07) is 7.25. The fourth-order valence-electron chi connectivity index (χ4n) is 6.56. The maximum absolute atomic E-state index is 13.5. The standard InChI is InChI=1S/C31H47ClN4O2/c1-5-7-9-23(6-2)29(37)35-17-14-34(15-18-35)16-19-36(30(38)33-27-11-8-10-26(32)21-27)22-24-12-13-25-20-28(24)31(25,3)4/h8,10-12,21,23,25,28H,5-7,9,13-20,22H2,1-4H3,(H,33,38). The zero-order valence-electron chi connectivity index (χ0n) is 23.8. The van der Waals surface area contributed by atoms with E-state index in [0.29, 0.717) is 35.4 Å². The van der Waals surface area contributed by atoms with E-state index in [-0.39, 0.29) is 11.9 Å². The molecule has 2 fully saturated rings. The van der Waals surface area contributed by atoms with Gasteiger partial charge in [-0.15, -0.1) is 0 Å². The van der Waals surface area contributed by atoms with E-state index >= 15 is 0 Å². The number of rotatable bonds is 11. The number of allylic oxidation sites excluding steroid dienone is 1. The second-order valence-electron chi connectivity index (χ2n) is 12.1. The Morgan fingerprint density at radius 1 is 1.18 bits per heavy atom. The predicted molar refractivity (Wildman–Crippen MR) is 156 cm³/mol. The van der Waals surface area contributed by atoms with E-state index in [1.165, 1.54) is 12.0 Å². The van der Waals surface area contributed by atoms with Gasteiger partial charge >= 0.3 is 6.03 Å². The molecule has 1 heterocycles. The number of piperazine rings is 1. The number of amides is 3. The minimum Gasteiger partial charge on any atom is -0.340 e. The Kier molecular flexibility index (Phi) is 9.80. The van der Waals surface area contributed by atoms with Gasteiger partial charge in [0.05, 0.1) is 0 Å². The molecule has 3 aliphatic carbocycles. The number of benzene rings is 1. The van der Waals surface area contributed by atoms with Crippen LogP contribution >= 0.6 is 11.6 Å².